The third-order valence-electron chi connectivity index (χ3n) is 4.51. The van der Waals surface area contributed by atoms with E-state index in [1.54, 1.807) is 11.8 Å². The number of piperidine rings is 1. The van der Waals surface area contributed by atoms with Crippen molar-refractivity contribution in [3.05, 3.63) is 77.6 Å². The highest BCUT2D eigenvalue weighted by Crippen LogP contribution is 2.25. The van der Waals surface area contributed by atoms with Gasteiger partial charge >= 0.3 is 6.09 Å². The van der Waals surface area contributed by atoms with E-state index in [0.717, 1.165) is 29.5 Å². The monoisotopic (exact) mass is 358 g/mol. The van der Waals surface area contributed by atoms with Crippen molar-refractivity contribution in [1.29, 1.82) is 5.26 Å². The van der Waals surface area contributed by atoms with Crippen LogP contribution in [0.5, 0.6) is 0 Å². The van der Waals surface area contributed by atoms with Crippen LogP contribution in [-0.2, 0) is 4.74 Å². The fourth-order valence-electron chi connectivity index (χ4n) is 3.15. The van der Waals surface area contributed by atoms with Crippen LogP contribution in [0, 0.1) is 11.3 Å². The molecule has 0 N–H and O–H groups in total. The Balaban J connectivity index is 1.71. The summed E-state index contributed by atoms with van der Waals surface area (Å²) in [5.41, 5.74) is 5.22. The molecule has 0 saturated carbocycles. The van der Waals surface area contributed by atoms with Gasteiger partial charge in [-0.25, -0.2) is 4.79 Å². The molecular formula is C23H22N2O2. The van der Waals surface area contributed by atoms with E-state index in [9.17, 15) is 4.79 Å². The number of carbonyl (C=O) groups excluding carboxylic acids is 1. The number of amides is 1. The van der Waals surface area contributed by atoms with Gasteiger partial charge in [0.2, 0.25) is 0 Å². The average molecular weight is 358 g/mol. The average Bonchev–Trinajstić information content (AvgIpc) is 2.68. The molecule has 27 heavy (non-hydrogen) atoms. The lowest BCUT2D eigenvalue weighted by Crippen LogP contribution is -2.36. The number of carbonyl (C=O) groups is 1. The lowest BCUT2D eigenvalue weighted by atomic mass is 9.98. The largest absolute Gasteiger partial charge is 0.416 e. The number of hydrogen-bond acceptors (Lipinski definition) is 3. The molecule has 0 radical (unpaired) electrons. The van der Waals surface area contributed by atoms with Crippen LogP contribution in [0.4, 0.5) is 4.79 Å². The molecule has 1 saturated heterocycles. The summed E-state index contributed by atoms with van der Waals surface area (Å²) in [6.07, 6.45) is 3.54. The number of benzene rings is 2. The highest BCUT2D eigenvalue weighted by Gasteiger charge is 2.20. The first-order valence-electron chi connectivity index (χ1n) is 8.97. The van der Waals surface area contributed by atoms with Gasteiger partial charge in [0.1, 0.15) is 0 Å². The molecule has 1 fully saturated rings. The van der Waals surface area contributed by atoms with Crippen molar-refractivity contribution >= 4 is 12.2 Å². The van der Waals surface area contributed by atoms with E-state index >= 15 is 0 Å². The molecule has 0 aromatic heterocycles. The predicted molar refractivity (Wildman–Crippen MR) is 107 cm³/mol. The summed E-state index contributed by atoms with van der Waals surface area (Å²) in [4.78, 5) is 13.6. The lowest BCUT2D eigenvalue weighted by Gasteiger charge is -2.27. The second-order valence-corrected chi connectivity index (χ2v) is 6.68. The van der Waals surface area contributed by atoms with Crippen molar-refractivity contribution in [3.8, 4) is 17.2 Å². The van der Waals surface area contributed by atoms with Gasteiger partial charge < -0.3 is 9.64 Å². The quantitative estimate of drug-likeness (QED) is 0.693. The summed E-state index contributed by atoms with van der Waals surface area (Å²) in [5, 5.41) is 9.09. The summed E-state index contributed by atoms with van der Waals surface area (Å²) in [6, 6.07) is 18.1. The number of hydrogen-bond donors (Lipinski definition) is 0. The molecule has 1 heterocycles. The van der Waals surface area contributed by atoms with Crippen LogP contribution in [0.25, 0.3) is 17.2 Å². The Hall–Kier alpha value is -3.32. The Kier molecular flexibility index (Phi) is 5.73. The Morgan fingerprint density at radius 3 is 2.48 bits per heavy atom. The molecule has 4 nitrogen and oxygen atoms in total. The molecule has 2 aromatic carbocycles. The van der Waals surface area contributed by atoms with Gasteiger partial charge in [-0.1, -0.05) is 48.6 Å². The topological polar surface area (TPSA) is 53.3 Å². The van der Waals surface area contributed by atoms with Crippen LogP contribution < -0.4 is 0 Å². The summed E-state index contributed by atoms with van der Waals surface area (Å²) in [6.45, 7) is 6.59. The molecule has 0 aliphatic carbocycles. The first-order valence-corrected chi connectivity index (χ1v) is 8.97. The number of allylic oxidation sites excluding steroid dienone is 1. The van der Waals surface area contributed by atoms with Crippen LogP contribution >= 0.6 is 0 Å². The van der Waals surface area contributed by atoms with Gasteiger partial charge in [-0.3, -0.25) is 0 Å². The maximum Gasteiger partial charge on any atom is 0.414 e. The summed E-state index contributed by atoms with van der Waals surface area (Å²) >= 11 is 0. The van der Waals surface area contributed by atoms with E-state index in [4.69, 9.17) is 10.00 Å². The van der Waals surface area contributed by atoms with Gasteiger partial charge in [-0.2, -0.15) is 5.26 Å². The molecule has 1 aliphatic heterocycles. The van der Waals surface area contributed by atoms with Crippen molar-refractivity contribution in [1.82, 2.24) is 4.90 Å². The van der Waals surface area contributed by atoms with Crippen molar-refractivity contribution in [2.75, 3.05) is 13.1 Å². The van der Waals surface area contributed by atoms with E-state index in [1.165, 1.54) is 5.57 Å². The van der Waals surface area contributed by atoms with Gasteiger partial charge in [-0.15, -0.1) is 0 Å². The molecular weight excluding hydrogens is 336 g/mol. The minimum absolute atomic E-state index is 0.319. The summed E-state index contributed by atoms with van der Waals surface area (Å²) in [5.74, 6) is 0.415. The first-order chi connectivity index (χ1) is 13.0. The maximum absolute atomic E-state index is 11.9. The minimum Gasteiger partial charge on any atom is -0.416 e. The van der Waals surface area contributed by atoms with Crippen LogP contribution in [0.1, 0.15) is 30.9 Å². The summed E-state index contributed by atoms with van der Waals surface area (Å²) in [7, 11) is 0. The number of nitrogens with zero attached hydrogens (tertiary/aromatic N) is 2. The fraction of sp³-hybridized carbons (Fsp3) is 0.217. The number of likely N-dealkylation sites (tertiary alicyclic amines) is 1. The van der Waals surface area contributed by atoms with Crippen molar-refractivity contribution < 1.29 is 9.53 Å². The second kappa shape index (κ2) is 8.37. The molecule has 1 amide bonds. The number of nitriles is 1. The van der Waals surface area contributed by atoms with Crippen LogP contribution in [0.15, 0.2) is 66.4 Å². The molecule has 136 valence electrons. The van der Waals surface area contributed by atoms with Gasteiger partial charge in [0.15, 0.2) is 0 Å². The molecule has 0 atom stereocenters. The van der Waals surface area contributed by atoms with E-state index in [2.05, 4.69) is 36.9 Å². The minimum atomic E-state index is -0.319. The Labute approximate surface area is 160 Å². The van der Waals surface area contributed by atoms with Crippen LogP contribution in [0.2, 0.25) is 0 Å². The molecule has 4 heteroatoms. The third-order valence-corrected chi connectivity index (χ3v) is 4.51. The normalized spacial score (nSPS) is 13.6. The van der Waals surface area contributed by atoms with Gasteiger partial charge in [-0.05, 0) is 54.7 Å². The van der Waals surface area contributed by atoms with E-state index in [-0.39, 0.29) is 6.09 Å². The van der Waals surface area contributed by atoms with E-state index in [0.29, 0.717) is 24.4 Å². The first kappa shape index (κ1) is 18.5. The highest BCUT2D eigenvalue weighted by atomic mass is 16.6. The van der Waals surface area contributed by atoms with Crippen LogP contribution in [0.3, 0.4) is 0 Å². The summed E-state index contributed by atoms with van der Waals surface area (Å²) < 4.78 is 5.08. The second-order valence-electron chi connectivity index (χ2n) is 6.68. The Morgan fingerprint density at radius 2 is 1.81 bits per heavy atom. The van der Waals surface area contributed by atoms with Gasteiger partial charge in [0.25, 0.3) is 0 Å². The molecule has 0 bridgehead atoms. The fourth-order valence-corrected chi connectivity index (χ4v) is 3.15. The molecule has 0 spiro atoms. The smallest absolute Gasteiger partial charge is 0.414 e. The third kappa shape index (κ3) is 4.86. The van der Waals surface area contributed by atoms with E-state index in [1.807, 2.05) is 30.3 Å². The zero-order valence-corrected chi connectivity index (χ0v) is 15.4. The lowest BCUT2D eigenvalue weighted by molar-refractivity contribution is 0.126. The number of rotatable bonds is 3. The molecule has 3 rings (SSSR count). The Bertz CT molecular complexity index is 927. The van der Waals surface area contributed by atoms with Gasteiger partial charge in [0.05, 0.1) is 17.4 Å². The SMILES string of the molecule is C=C(C)OC(=O)N1CCC(=Cc2cccc(-c3cccc(C#N)c3)c2)CC1. The van der Waals surface area contributed by atoms with Crippen LogP contribution in [-0.4, -0.2) is 24.1 Å². The van der Waals surface area contributed by atoms with Crippen molar-refractivity contribution in [2.45, 2.75) is 19.8 Å². The molecule has 2 aromatic rings. The Morgan fingerprint density at radius 1 is 1.15 bits per heavy atom. The van der Waals surface area contributed by atoms with Crippen molar-refractivity contribution in [3.63, 3.8) is 0 Å². The number of ether oxygens (including phenoxy) is 1. The molecule has 1 aliphatic rings. The molecule has 0 unspecified atom stereocenters. The zero-order valence-electron chi connectivity index (χ0n) is 15.4. The van der Waals surface area contributed by atoms with Crippen molar-refractivity contribution in [2.24, 2.45) is 0 Å². The highest BCUT2D eigenvalue weighted by molar-refractivity contribution is 5.70. The zero-order chi connectivity index (χ0) is 19.2. The predicted octanol–water partition coefficient (Wildman–Crippen LogP) is 5.37. The maximum atomic E-state index is 11.9. The van der Waals surface area contributed by atoms with E-state index < -0.39 is 0 Å². The standard InChI is InChI=1S/C23H22N2O2/c1-17(2)27-23(26)25-11-9-18(10-12-25)13-19-5-3-7-21(14-19)22-8-4-6-20(15-22)16-24/h3-8,13-15H,1,9-12H2,2H3. The van der Waals surface area contributed by atoms with Gasteiger partial charge in [0, 0.05) is 13.1 Å².